The summed E-state index contributed by atoms with van der Waals surface area (Å²) in [6, 6.07) is 61.3. The molecule has 228 valence electrons. The lowest BCUT2D eigenvalue weighted by Gasteiger charge is -2.33. The third-order valence-electron chi connectivity index (χ3n) is 11.1. The smallest absolute Gasteiger partial charge is 0.0726 e. The molecule has 3 aliphatic rings. The quantitative estimate of drug-likeness (QED) is 0.191. The summed E-state index contributed by atoms with van der Waals surface area (Å²) in [5.74, 6) is 0. The van der Waals surface area contributed by atoms with Gasteiger partial charge in [-0.05, 0) is 123 Å². The third kappa shape index (κ3) is 3.79. The van der Waals surface area contributed by atoms with E-state index in [2.05, 4.69) is 169 Å². The molecular formula is C47H35N. The van der Waals surface area contributed by atoms with E-state index in [1.165, 1.54) is 85.3 Å². The van der Waals surface area contributed by atoms with E-state index >= 15 is 0 Å². The summed E-state index contributed by atoms with van der Waals surface area (Å²) in [5, 5.41) is 0. The van der Waals surface area contributed by atoms with E-state index in [0.717, 1.165) is 24.2 Å². The van der Waals surface area contributed by atoms with Crippen LogP contribution in [0.25, 0.3) is 33.4 Å². The van der Waals surface area contributed by atoms with Gasteiger partial charge in [-0.15, -0.1) is 0 Å². The van der Waals surface area contributed by atoms with E-state index in [0.29, 0.717) is 0 Å². The summed E-state index contributed by atoms with van der Waals surface area (Å²) in [4.78, 5) is 2.49. The molecule has 0 heterocycles. The van der Waals surface area contributed by atoms with Gasteiger partial charge in [0.2, 0.25) is 0 Å². The van der Waals surface area contributed by atoms with Crippen molar-refractivity contribution in [1.82, 2.24) is 0 Å². The Kier molecular flexibility index (Phi) is 6.11. The average Bonchev–Trinajstić information content (AvgIpc) is 3.62. The molecule has 0 bridgehead atoms. The Morgan fingerprint density at radius 1 is 0.375 bits per heavy atom. The van der Waals surface area contributed by atoms with Gasteiger partial charge in [0, 0.05) is 16.9 Å². The van der Waals surface area contributed by atoms with Gasteiger partial charge in [0.1, 0.15) is 0 Å². The molecule has 1 spiro atoms. The van der Waals surface area contributed by atoms with Crippen LogP contribution in [-0.4, -0.2) is 0 Å². The zero-order chi connectivity index (χ0) is 31.7. The fourth-order valence-corrected chi connectivity index (χ4v) is 9.14. The minimum Gasteiger partial charge on any atom is -0.310 e. The van der Waals surface area contributed by atoms with Crippen molar-refractivity contribution in [3.05, 3.63) is 197 Å². The lowest BCUT2D eigenvalue weighted by atomic mass is 9.70. The van der Waals surface area contributed by atoms with Crippen LogP contribution in [0.3, 0.4) is 0 Å². The molecule has 3 aliphatic carbocycles. The number of benzene rings is 7. The number of hydrogen-bond acceptors (Lipinski definition) is 1. The molecular weight excluding hydrogens is 579 g/mol. The maximum Gasteiger partial charge on any atom is 0.0726 e. The highest BCUT2D eigenvalue weighted by molar-refractivity contribution is 6.00. The van der Waals surface area contributed by atoms with E-state index < -0.39 is 5.41 Å². The van der Waals surface area contributed by atoms with E-state index in [-0.39, 0.29) is 0 Å². The Bertz CT molecular complexity index is 2270. The zero-order valence-corrected chi connectivity index (χ0v) is 26.9. The van der Waals surface area contributed by atoms with Crippen molar-refractivity contribution in [3.8, 4) is 33.4 Å². The number of fused-ring (bicyclic) bond motifs is 11. The molecule has 0 N–H and O–H groups in total. The van der Waals surface area contributed by atoms with Crippen LogP contribution in [0.1, 0.15) is 46.2 Å². The molecule has 0 aromatic heterocycles. The molecule has 48 heavy (non-hydrogen) atoms. The molecule has 0 saturated heterocycles. The number of para-hydroxylation sites is 2. The first-order chi connectivity index (χ1) is 23.8. The molecule has 10 rings (SSSR count). The first-order valence-corrected chi connectivity index (χ1v) is 17.3. The first-order valence-electron chi connectivity index (χ1n) is 17.3. The van der Waals surface area contributed by atoms with Crippen LogP contribution in [0.5, 0.6) is 0 Å². The number of aryl methyl sites for hydroxylation is 1. The SMILES string of the molecule is c1ccc(N(c2ccccc2)c2cc3c(cc2-c2cccc4c2CCCC4)-c2ccccc2C32c3ccccc3-c3ccccc32)cc1. The zero-order valence-electron chi connectivity index (χ0n) is 26.9. The molecule has 0 aliphatic heterocycles. The van der Waals surface area contributed by atoms with Crippen molar-refractivity contribution in [2.24, 2.45) is 0 Å². The number of nitrogens with zero attached hydrogens (tertiary/aromatic N) is 1. The minimum atomic E-state index is -0.401. The van der Waals surface area contributed by atoms with Crippen LogP contribution < -0.4 is 4.90 Å². The van der Waals surface area contributed by atoms with Gasteiger partial charge in [0.15, 0.2) is 0 Å². The van der Waals surface area contributed by atoms with Gasteiger partial charge in [0.05, 0.1) is 11.1 Å². The van der Waals surface area contributed by atoms with E-state index in [1.54, 1.807) is 0 Å². The maximum atomic E-state index is 2.56. The van der Waals surface area contributed by atoms with E-state index in [9.17, 15) is 0 Å². The van der Waals surface area contributed by atoms with Gasteiger partial charge in [-0.3, -0.25) is 0 Å². The van der Waals surface area contributed by atoms with Gasteiger partial charge in [-0.1, -0.05) is 127 Å². The van der Waals surface area contributed by atoms with Crippen molar-refractivity contribution in [3.63, 3.8) is 0 Å². The molecule has 0 fully saturated rings. The van der Waals surface area contributed by atoms with Gasteiger partial charge in [-0.25, -0.2) is 0 Å². The summed E-state index contributed by atoms with van der Waals surface area (Å²) in [6.45, 7) is 0. The van der Waals surface area contributed by atoms with Gasteiger partial charge >= 0.3 is 0 Å². The molecule has 0 amide bonds. The number of hydrogen-bond donors (Lipinski definition) is 0. The largest absolute Gasteiger partial charge is 0.310 e. The van der Waals surface area contributed by atoms with Crippen molar-refractivity contribution in [2.45, 2.75) is 31.1 Å². The van der Waals surface area contributed by atoms with E-state index in [1.807, 2.05) is 0 Å². The summed E-state index contributed by atoms with van der Waals surface area (Å²) in [6.07, 6.45) is 4.79. The molecule has 1 nitrogen and oxygen atoms in total. The van der Waals surface area contributed by atoms with Crippen molar-refractivity contribution >= 4 is 17.1 Å². The predicted molar refractivity (Wildman–Crippen MR) is 200 cm³/mol. The first kappa shape index (κ1) is 27.5. The summed E-state index contributed by atoms with van der Waals surface area (Å²) in [7, 11) is 0. The molecule has 0 radical (unpaired) electrons. The summed E-state index contributed by atoms with van der Waals surface area (Å²) >= 11 is 0. The lowest BCUT2D eigenvalue weighted by Crippen LogP contribution is -2.26. The second-order valence-corrected chi connectivity index (χ2v) is 13.5. The van der Waals surface area contributed by atoms with Crippen LogP contribution in [-0.2, 0) is 18.3 Å². The highest BCUT2D eigenvalue weighted by Crippen LogP contribution is 2.64. The standard InChI is InChI=1S/C47H35N/c1-3-18-33(19-4-1)48(34-20-5-2-6-21-34)46-31-45-40(30-41(46)36-26-15-17-32-16-7-8-22-35(32)36)39-25-11-14-29-44(39)47(45)42-27-12-9-23-37(42)38-24-10-13-28-43(38)47/h1-6,9-15,17-21,23-31H,7-8,16,22H2. The fourth-order valence-electron chi connectivity index (χ4n) is 9.14. The second-order valence-electron chi connectivity index (χ2n) is 13.5. The highest BCUT2D eigenvalue weighted by Gasteiger charge is 2.52. The highest BCUT2D eigenvalue weighted by atomic mass is 15.1. The second kappa shape index (κ2) is 10.7. The topological polar surface area (TPSA) is 3.24 Å². The molecule has 7 aromatic rings. The molecule has 0 saturated carbocycles. The third-order valence-corrected chi connectivity index (χ3v) is 11.1. The van der Waals surface area contributed by atoms with Crippen LogP contribution in [0.4, 0.5) is 17.1 Å². The van der Waals surface area contributed by atoms with E-state index in [4.69, 9.17) is 0 Å². The Morgan fingerprint density at radius 3 is 1.48 bits per heavy atom. The van der Waals surface area contributed by atoms with Gasteiger partial charge < -0.3 is 4.90 Å². The lowest BCUT2D eigenvalue weighted by molar-refractivity contribution is 0.687. The van der Waals surface area contributed by atoms with Crippen molar-refractivity contribution < 1.29 is 0 Å². The fraction of sp³-hybridized carbons (Fsp3) is 0.106. The molecule has 0 atom stereocenters. The predicted octanol–water partition coefficient (Wildman–Crippen LogP) is 12.0. The normalized spacial score (nSPS) is 14.5. The van der Waals surface area contributed by atoms with Crippen molar-refractivity contribution in [2.75, 3.05) is 4.90 Å². The molecule has 1 heteroatoms. The van der Waals surface area contributed by atoms with Crippen LogP contribution in [0.2, 0.25) is 0 Å². The summed E-state index contributed by atoms with van der Waals surface area (Å²) < 4.78 is 0. The monoisotopic (exact) mass is 613 g/mol. The Hall–Kier alpha value is -5.66. The average molecular weight is 614 g/mol. The Morgan fingerprint density at radius 2 is 0.875 bits per heavy atom. The van der Waals surface area contributed by atoms with Gasteiger partial charge in [-0.2, -0.15) is 0 Å². The Balaban J connectivity index is 1.36. The molecule has 0 unspecified atom stereocenters. The Labute approximate surface area is 282 Å². The maximum absolute atomic E-state index is 2.56. The van der Waals surface area contributed by atoms with Crippen LogP contribution in [0.15, 0.2) is 164 Å². The van der Waals surface area contributed by atoms with Gasteiger partial charge in [0.25, 0.3) is 0 Å². The summed E-state index contributed by atoms with van der Waals surface area (Å²) in [5.41, 5.74) is 19.7. The number of anilines is 3. The van der Waals surface area contributed by atoms with Crippen molar-refractivity contribution in [1.29, 1.82) is 0 Å². The minimum absolute atomic E-state index is 0.401. The van der Waals surface area contributed by atoms with Crippen LogP contribution >= 0.6 is 0 Å². The van der Waals surface area contributed by atoms with Crippen LogP contribution in [0, 0.1) is 0 Å². The molecule has 7 aromatic carbocycles. The number of rotatable bonds is 4.